The highest BCUT2D eigenvalue weighted by molar-refractivity contribution is 6.44. The first-order valence-electron chi connectivity index (χ1n) is 14.6. The van der Waals surface area contributed by atoms with E-state index < -0.39 is 9.28 Å². The molecule has 0 aliphatic carbocycles. The Morgan fingerprint density at radius 2 is 1.24 bits per heavy atom. The first-order valence-corrected chi connectivity index (χ1v) is 16.1. The summed E-state index contributed by atoms with van der Waals surface area (Å²) in [5.41, 5.74) is 1.43. The maximum Gasteiger partial charge on any atom is 0.384 e. The van der Waals surface area contributed by atoms with Crippen LogP contribution in [0.2, 0.25) is 6.04 Å². The van der Waals surface area contributed by atoms with Crippen LogP contribution in [-0.4, -0.2) is 22.5 Å². The van der Waals surface area contributed by atoms with Crippen molar-refractivity contribution >= 4 is 9.28 Å². The van der Waals surface area contributed by atoms with E-state index in [1.807, 2.05) is 0 Å². The summed E-state index contributed by atoms with van der Waals surface area (Å²) in [6, 6.07) is 12.0. The molecule has 1 atom stereocenters. The van der Waals surface area contributed by atoms with Crippen molar-refractivity contribution in [2.24, 2.45) is 5.92 Å². The molecule has 0 aromatic heterocycles. The third-order valence-corrected chi connectivity index (χ3v) is 8.59. The fraction of sp³-hybridized carbons (Fsp3) is 0.742. The van der Waals surface area contributed by atoms with Crippen molar-refractivity contribution in [2.45, 2.75) is 129 Å². The summed E-state index contributed by atoms with van der Waals surface area (Å²) in [5.74, 6) is 0.609. The average Bonchev–Trinajstić information content (AvgIpc) is 2.86. The van der Waals surface area contributed by atoms with Gasteiger partial charge in [0.05, 0.1) is 0 Å². The van der Waals surface area contributed by atoms with E-state index >= 15 is 0 Å². The van der Waals surface area contributed by atoms with Crippen LogP contribution in [0, 0.1) is 5.92 Å². The minimum Gasteiger partial charge on any atom is -0.393 e. The second-order valence-electron chi connectivity index (χ2n) is 9.94. The molecule has 0 heterocycles. The predicted octanol–water partition coefficient (Wildman–Crippen LogP) is 9.83. The monoisotopic (exact) mass is 487 g/mol. The van der Waals surface area contributed by atoms with Gasteiger partial charge in [0, 0.05) is 13.2 Å². The summed E-state index contributed by atoms with van der Waals surface area (Å²) in [5, 5.41) is 0. The van der Waals surface area contributed by atoms with Gasteiger partial charge in [0.2, 0.25) is 0 Å². The van der Waals surface area contributed by atoms with Crippen molar-refractivity contribution in [3.05, 3.63) is 48.6 Å². The van der Waals surface area contributed by atoms with Crippen molar-refractivity contribution in [1.29, 1.82) is 0 Å². The van der Waals surface area contributed by atoms with E-state index in [-0.39, 0.29) is 0 Å². The Kier molecular flexibility index (Phi) is 21.8. The standard InChI is InChI=1S/C31H55O2Si/c1-4-7-10-12-14-16-21-26-32-34(33-27-22-17-15-13-11-8-5-2)29-31(23-9-6-3)28-30-24-19-18-20-25-30/h6,18-20,24-25,31H,3-5,7-17,21-23,26-29H2,1-2H3. The molecule has 1 unspecified atom stereocenters. The molecule has 1 aromatic carbocycles. The lowest BCUT2D eigenvalue weighted by atomic mass is 9.96. The molecule has 1 aromatic rings. The third-order valence-electron chi connectivity index (χ3n) is 6.62. The van der Waals surface area contributed by atoms with Crippen molar-refractivity contribution in [3.8, 4) is 0 Å². The molecule has 0 N–H and O–H groups in total. The number of benzene rings is 1. The van der Waals surface area contributed by atoms with Gasteiger partial charge in [0.25, 0.3) is 0 Å². The van der Waals surface area contributed by atoms with E-state index in [1.54, 1.807) is 0 Å². The zero-order chi connectivity index (χ0) is 24.5. The Morgan fingerprint density at radius 1 is 0.735 bits per heavy atom. The normalized spacial score (nSPS) is 12.3. The topological polar surface area (TPSA) is 18.5 Å². The van der Waals surface area contributed by atoms with E-state index in [4.69, 9.17) is 8.85 Å². The predicted molar refractivity (Wildman–Crippen MR) is 152 cm³/mol. The van der Waals surface area contributed by atoms with Gasteiger partial charge < -0.3 is 8.85 Å². The summed E-state index contributed by atoms with van der Waals surface area (Å²) in [4.78, 5) is 0. The fourth-order valence-electron chi connectivity index (χ4n) is 4.46. The van der Waals surface area contributed by atoms with E-state index in [2.05, 4.69) is 56.8 Å². The first kappa shape index (κ1) is 31.1. The van der Waals surface area contributed by atoms with Crippen LogP contribution in [0.25, 0.3) is 0 Å². The van der Waals surface area contributed by atoms with Crippen LogP contribution in [-0.2, 0) is 15.3 Å². The van der Waals surface area contributed by atoms with Crippen LogP contribution < -0.4 is 0 Å². The van der Waals surface area contributed by atoms with Crippen molar-refractivity contribution in [2.75, 3.05) is 13.2 Å². The Bertz CT molecular complexity index is 528. The quantitative estimate of drug-likeness (QED) is 0.0776. The smallest absolute Gasteiger partial charge is 0.384 e. The summed E-state index contributed by atoms with van der Waals surface area (Å²) < 4.78 is 12.9. The van der Waals surface area contributed by atoms with Gasteiger partial charge in [-0.2, -0.15) is 0 Å². The van der Waals surface area contributed by atoms with Crippen molar-refractivity contribution in [3.63, 3.8) is 0 Å². The number of rotatable bonds is 25. The minimum absolute atomic E-state index is 0.609. The van der Waals surface area contributed by atoms with Crippen LogP contribution in [0.15, 0.2) is 43.0 Å². The molecular weight excluding hydrogens is 432 g/mol. The Balaban J connectivity index is 2.45. The lowest BCUT2D eigenvalue weighted by Gasteiger charge is -2.22. The average molecular weight is 488 g/mol. The molecule has 0 saturated heterocycles. The highest BCUT2D eigenvalue weighted by atomic mass is 28.3. The highest BCUT2D eigenvalue weighted by Gasteiger charge is 2.22. The van der Waals surface area contributed by atoms with E-state index in [0.29, 0.717) is 5.92 Å². The molecule has 195 valence electrons. The van der Waals surface area contributed by atoms with Crippen molar-refractivity contribution in [1.82, 2.24) is 0 Å². The van der Waals surface area contributed by atoms with Gasteiger partial charge in [-0.3, -0.25) is 0 Å². The Morgan fingerprint density at radius 3 is 1.74 bits per heavy atom. The van der Waals surface area contributed by atoms with Gasteiger partial charge in [-0.1, -0.05) is 127 Å². The van der Waals surface area contributed by atoms with E-state index in [0.717, 1.165) is 32.1 Å². The van der Waals surface area contributed by atoms with Crippen LogP contribution in [0.4, 0.5) is 0 Å². The number of unbranched alkanes of at least 4 members (excludes halogenated alkanes) is 12. The molecular formula is C31H55O2Si. The second kappa shape index (κ2) is 23.8. The lowest BCUT2D eigenvalue weighted by Crippen LogP contribution is -2.28. The third kappa shape index (κ3) is 18.4. The highest BCUT2D eigenvalue weighted by Crippen LogP contribution is 2.22. The van der Waals surface area contributed by atoms with E-state index in [1.165, 1.54) is 102 Å². The van der Waals surface area contributed by atoms with Gasteiger partial charge in [-0.25, -0.2) is 0 Å². The van der Waals surface area contributed by atoms with Gasteiger partial charge in [-0.05, 0) is 49.6 Å². The SMILES string of the molecule is C=CCCC(Cc1ccccc1)C[Si](OCCCCCCCCC)OCCCCCCCCC. The van der Waals surface area contributed by atoms with Crippen molar-refractivity contribution < 1.29 is 8.85 Å². The van der Waals surface area contributed by atoms with Crippen LogP contribution in [0.5, 0.6) is 0 Å². The number of hydrogen-bond acceptors (Lipinski definition) is 2. The molecule has 1 rings (SSSR count). The summed E-state index contributed by atoms with van der Waals surface area (Å²) in [6.07, 6.45) is 24.0. The number of hydrogen-bond donors (Lipinski definition) is 0. The Hall–Kier alpha value is -0.903. The molecule has 0 spiro atoms. The minimum atomic E-state index is -1.23. The van der Waals surface area contributed by atoms with Gasteiger partial charge >= 0.3 is 9.28 Å². The fourth-order valence-corrected chi connectivity index (χ4v) is 6.35. The molecule has 34 heavy (non-hydrogen) atoms. The van der Waals surface area contributed by atoms with E-state index in [9.17, 15) is 0 Å². The Labute approximate surface area is 214 Å². The molecule has 0 aliphatic heterocycles. The lowest BCUT2D eigenvalue weighted by molar-refractivity contribution is 0.184. The van der Waals surface area contributed by atoms with Crippen LogP contribution in [0.1, 0.15) is 122 Å². The molecule has 3 heteroatoms. The zero-order valence-corrected chi connectivity index (χ0v) is 23.7. The maximum absolute atomic E-state index is 6.43. The molecule has 1 radical (unpaired) electrons. The molecule has 0 fully saturated rings. The first-order chi connectivity index (χ1) is 16.8. The largest absolute Gasteiger partial charge is 0.393 e. The summed E-state index contributed by atoms with van der Waals surface area (Å²) in [7, 11) is -1.23. The van der Waals surface area contributed by atoms with Gasteiger partial charge in [-0.15, -0.1) is 6.58 Å². The van der Waals surface area contributed by atoms with Gasteiger partial charge in [0.1, 0.15) is 0 Å². The van der Waals surface area contributed by atoms with Crippen LogP contribution in [0.3, 0.4) is 0 Å². The molecule has 0 bridgehead atoms. The molecule has 0 amide bonds. The molecule has 0 saturated carbocycles. The maximum atomic E-state index is 6.43. The molecule has 0 aliphatic rings. The summed E-state index contributed by atoms with van der Waals surface area (Å²) in [6.45, 7) is 10.3. The number of allylic oxidation sites excluding steroid dienone is 1. The second-order valence-corrected chi connectivity index (χ2v) is 11.7. The van der Waals surface area contributed by atoms with Crippen LogP contribution >= 0.6 is 0 Å². The molecule has 2 nitrogen and oxygen atoms in total. The zero-order valence-electron chi connectivity index (χ0n) is 22.7. The summed E-state index contributed by atoms with van der Waals surface area (Å²) >= 11 is 0. The van der Waals surface area contributed by atoms with Gasteiger partial charge in [0.15, 0.2) is 0 Å².